The van der Waals surface area contributed by atoms with Crippen molar-refractivity contribution in [2.24, 2.45) is 0 Å². The van der Waals surface area contributed by atoms with Crippen LogP contribution >= 0.6 is 7.82 Å². The van der Waals surface area contributed by atoms with Crippen LogP contribution in [0.2, 0.25) is 0 Å². The van der Waals surface area contributed by atoms with E-state index in [-0.39, 0.29) is 41.1 Å². The van der Waals surface area contributed by atoms with Crippen molar-refractivity contribution >= 4 is 7.82 Å². The van der Waals surface area contributed by atoms with Crippen LogP contribution in [0, 0.1) is 0 Å². The van der Waals surface area contributed by atoms with E-state index < -0.39 is 18.7 Å². The van der Waals surface area contributed by atoms with Crippen molar-refractivity contribution in [3.63, 3.8) is 0 Å². The van der Waals surface area contributed by atoms with E-state index in [0.717, 1.165) is 109 Å². The zero-order valence-corrected chi connectivity index (χ0v) is 37.3. The van der Waals surface area contributed by atoms with Gasteiger partial charge in [-0.2, -0.15) is 0 Å². The van der Waals surface area contributed by atoms with Crippen molar-refractivity contribution in [1.29, 1.82) is 0 Å². The van der Waals surface area contributed by atoms with Crippen LogP contribution in [-0.4, -0.2) is 10.2 Å². The van der Waals surface area contributed by atoms with Crippen molar-refractivity contribution in [2.45, 2.75) is 143 Å². The number of phenolic OH excluding ortho intramolecular Hbond substituents is 2. The van der Waals surface area contributed by atoms with E-state index in [1.165, 1.54) is 0 Å². The molecule has 0 fully saturated rings. The SMILES string of the molecule is CCCCc1cc(C(C)(C)c2ccc(OP(=O)([O-])Oc3ccc(C(C)(C)c4ccc(O)c(CCCC)c4)cc3CCCC)c(CCCC)c2)ccc1O.[Na+]. The summed E-state index contributed by atoms with van der Waals surface area (Å²) in [4.78, 5) is 13.7. The number of phenols is 2. The second-order valence-corrected chi connectivity index (χ2v) is 16.9. The molecule has 288 valence electrons. The molecule has 4 rings (SSSR count). The van der Waals surface area contributed by atoms with E-state index in [4.69, 9.17) is 9.05 Å². The van der Waals surface area contributed by atoms with Gasteiger partial charge in [-0.05, 0) is 120 Å². The van der Waals surface area contributed by atoms with Gasteiger partial charge >= 0.3 is 37.4 Å². The van der Waals surface area contributed by atoms with Crippen LogP contribution in [0.25, 0.3) is 0 Å². The number of phosphoric acid groups is 1. The summed E-state index contributed by atoms with van der Waals surface area (Å²) >= 11 is 0. The summed E-state index contributed by atoms with van der Waals surface area (Å²) < 4.78 is 25.3. The molecular formula is C46H62NaO6P. The molecule has 0 radical (unpaired) electrons. The van der Waals surface area contributed by atoms with Gasteiger partial charge in [0.25, 0.3) is 0 Å². The molecular weight excluding hydrogens is 702 g/mol. The topological polar surface area (TPSA) is 99.1 Å². The minimum atomic E-state index is -4.83. The molecule has 0 saturated carbocycles. The first-order valence-corrected chi connectivity index (χ1v) is 21.2. The second kappa shape index (κ2) is 20.4. The van der Waals surface area contributed by atoms with Crippen LogP contribution in [0.3, 0.4) is 0 Å². The Labute approximate surface area is 347 Å². The Bertz CT molecular complexity index is 1740. The van der Waals surface area contributed by atoms with Gasteiger partial charge < -0.3 is 24.2 Å². The third-order valence-corrected chi connectivity index (χ3v) is 11.6. The average molecular weight is 765 g/mol. The van der Waals surface area contributed by atoms with Gasteiger partial charge in [0.2, 0.25) is 0 Å². The zero-order chi connectivity index (χ0) is 38.8. The summed E-state index contributed by atoms with van der Waals surface area (Å²) in [6.07, 6.45) is 10.7. The van der Waals surface area contributed by atoms with Crippen molar-refractivity contribution in [2.75, 3.05) is 0 Å². The molecule has 0 heterocycles. The van der Waals surface area contributed by atoms with Gasteiger partial charge in [-0.25, -0.2) is 4.57 Å². The zero-order valence-electron chi connectivity index (χ0n) is 34.4. The minimum absolute atomic E-state index is 0. The molecule has 0 amide bonds. The van der Waals surface area contributed by atoms with Crippen LogP contribution in [0.5, 0.6) is 23.0 Å². The van der Waals surface area contributed by atoms with Crippen molar-refractivity contribution in [1.82, 2.24) is 0 Å². The van der Waals surface area contributed by atoms with Crippen LogP contribution in [-0.2, 0) is 41.1 Å². The molecule has 0 aliphatic rings. The summed E-state index contributed by atoms with van der Waals surface area (Å²) in [6.45, 7) is 17.1. The summed E-state index contributed by atoms with van der Waals surface area (Å²) in [6, 6.07) is 23.2. The number of aromatic hydroxyl groups is 2. The first-order valence-electron chi connectivity index (χ1n) is 19.8. The summed E-state index contributed by atoms with van der Waals surface area (Å²) in [5.41, 5.74) is 6.98. The Morgan fingerprint density at radius 1 is 0.519 bits per heavy atom. The Kier molecular flexibility index (Phi) is 17.3. The quantitative estimate of drug-likeness (QED) is 0.0689. The van der Waals surface area contributed by atoms with Crippen LogP contribution < -0.4 is 43.5 Å². The van der Waals surface area contributed by atoms with Gasteiger partial charge in [-0.1, -0.05) is 130 Å². The average Bonchev–Trinajstić information content (AvgIpc) is 3.12. The number of rotatable bonds is 20. The van der Waals surface area contributed by atoms with Gasteiger partial charge in [0.15, 0.2) is 0 Å². The number of aryl methyl sites for hydroxylation is 4. The molecule has 0 aliphatic heterocycles. The van der Waals surface area contributed by atoms with Gasteiger partial charge in [0, 0.05) is 10.8 Å². The van der Waals surface area contributed by atoms with E-state index in [2.05, 4.69) is 79.7 Å². The first kappa shape index (κ1) is 45.7. The fourth-order valence-electron chi connectivity index (χ4n) is 6.92. The summed E-state index contributed by atoms with van der Waals surface area (Å²) in [5, 5.41) is 21.0. The summed E-state index contributed by atoms with van der Waals surface area (Å²) in [7, 11) is -4.83. The molecule has 4 aromatic rings. The Morgan fingerprint density at radius 3 is 1.11 bits per heavy atom. The van der Waals surface area contributed by atoms with Crippen LogP contribution in [0.15, 0.2) is 72.8 Å². The molecule has 4 aromatic carbocycles. The van der Waals surface area contributed by atoms with E-state index in [1.807, 2.05) is 24.3 Å². The fourth-order valence-corrected chi connectivity index (χ4v) is 7.79. The number of hydrogen-bond acceptors (Lipinski definition) is 6. The number of phosphoric ester groups is 1. The first-order chi connectivity index (χ1) is 25.2. The fraction of sp³-hybridized carbons (Fsp3) is 0.478. The Hall–Kier alpha value is -2.73. The van der Waals surface area contributed by atoms with Crippen LogP contribution in [0.4, 0.5) is 0 Å². The predicted octanol–water partition coefficient (Wildman–Crippen LogP) is 9.05. The maximum Gasteiger partial charge on any atom is 1.00 e. The molecule has 0 aliphatic carbocycles. The molecule has 0 unspecified atom stereocenters. The van der Waals surface area contributed by atoms with Gasteiger partial charge in [-0.15, -0.1) is 0 Å². The maximum absolute atomic E-state index is 13.7. The molecule has 2 N–H and O–H groups in total. The van der Waals surface area contributed by atoms with E-state index in [9.17, 15) is 19.7 Å². The number of benzene rings is 4. The molecule has 0 spiro atoms. The molecule has 0 atom stereocenters. The Balaban J connectivity index is 0.00000784. The largest absolute Gasteiger partial charge is 1.00 e. The molecule has 54 heavy (non-hydrogen) atoms. The van der Waals surface area contributed by atoms with Crippen molar-refractivity contribution < 1.29 is 58.3 Å². The van der Waals surface area contributed by atoms with E-state index >= 15 is 0 Å². The molecule has 8 heteroatoms. The predicted molar refractivity (Wildman–Crippen MR) is 217 cm³/mol. The standard InChI is InChI=1S/C46H63O6P.Na/c1-9-13-17-33-29-37(21-25-41(33)47)45(5,6)39-23-27-43(35(31-39)19-15-11-3)51-53(49,50)52-44-28-24-40(32-36(44)20-16-12-4)46(7,8)38-22-26-42(48)34(30-38)18-14-10-2;/h21-32,47-48H,9-20H2,1-8H3,(H,49,50);/q;+1/p-1. The summed E-state index contributed by atoms with van der Waals surface area (Å²) in [5.74, 6) is 1.21. The van der Waals surface area contributed by atoms with E-state index in [0.29, 0.717) is 24.3 Å². The molecule has 0 aromatic heterocycles. The third-order valence-electron chi connectivity index (χ3n) is 10.8. The van der Waals surface area contributed by atoms with E-state index in [1.54, 1.807) is 24.3 Å². The molecule has 0 bridgehead atoms. The normalized spacial score (nSPS) is 12.0. The van der Waals surface area contributed by atoms with Gasteiger partial charge in [0.1, 0.15) is 23.0 Å². The Morgan fingerprint density at radius 2 is 0.796 bits per heavy atom. The van der Waals surface area contributed by atoms with Crippen LogP contribution in [0.1, 0.15) is 151 Å². The second-order valence-electron chi connectivity index (χ2n) is 15.6. The number of hydrogen-bond donors (Lipinski definition) is 2. The smallest absolute Gasteiger partial charge is 0.736 e. The van der Waals surface area contributed by atoms with Gasteiger partial charge in [0.05, 0.1) is 0 Å². The van der Waals surface area contributed by atoms with Gasteiger partial charge in [-0.3, -0.25) is 0 Å². The molecule has 0 saturated heterocycles. The van der Waals surface area contributed by atoms with Crippen molar-refractivity contribution in [3.05, 3.63) is 117 Å². The minimum Gasteiger partial charge on any atom is -0.736 e. The number of unbranched alkanes of at least 4 members (excludes halogenated alkanes) is 4. The maximum atomic E-state index is 13.7. The third kappa shape index (κ3) is 11.6. The monoisotopic (exact) mass is 764 g/mol. The van der Waals surface area contributed by atoms with Crippen molar-refractivity contribution in [3.8, 4) is 23.0 Å². The molecule has 6 nitrogen and oxygen atoms in total.